The van der Waals surface area contributed by atoms with Gasteiger partial charge in [0, 0.05) is 5.41 Å². The van der Waals surface area contributed by atoms with Crippen molar-refractivity contribution in [1.29, 1.82) is 0 Å². The number of fused-ring (bicyclic) bond motifs is 3. The molecule has 2 saturated carbocycles. The van der Waals surface area contributed by atoms with E-state index in [0.717, 1.165) is 6.33 Å². The lowest BCUT2D eigenvalue weighted by molar-refractivity contribution is -0.0637. The van der Waals surface area contributed by atoms with Crippen molar-refractivity contribution in [2.24, 2.45) is 11.3 Å². The van der Waals surface area contributed by atoms with Crippen LogP contribution in [0.15, 0.2) is 23.8 Å². The largest absolute Gasteiger partial charge is 0.472 e. The molecule has 4 aliphatic rings. The number of hydrogen-bond acceptors (Lipinski definition) is 16. The van der Waals surface area contributed by atoms with Crippen LogP contribution in [0.25, 0.3) is 22.3 Å². The molecule has 2 saturated heterocycles. The number of aliphatic hydroxyl groups excluding tert-OH is 1. The third-order valence-corrected chi connectivity index (χ3v) is 11.4. The van der Waals surface area contributed by atoms with Gasteiger partial charge in [-0.1, -0.05) is 0 Å². The Hall–Kier alpha value is -3.01. The van der Waals surface area contributed by atoms with Crippen molar-refractivity contribution in [2.75, 3.05) is 24.7 Å². The van der Waals surface area contributed by atoms with E-state index in [1.54, 1.807) is 0 Å². The van der Waals surface area contributed by atoms with Crippen molar-refractivity contribution in [1.82, 2.24) is 39.0 Å². The molecule has 11 atom stereocenters. The Kier molecular flexibility index (Phi) is 6.75. The number of phosphoric ester groups is 1. The summed E-state index contributed by atoms with van der Waals surface area (Å²) in [6.07, 6.45) is -5.47. The molecule has 4 aromatic rings. The average molecular weight is 703 g/mol. The van der Waals surface area contributed by atoms with Gasteiger partial charge in [0.2, 0.25) is 5.95 Å². The normalized spacial score (nSPS) is 41.0. The Morgan fingerprint density at radius 2 is 1.85 bits per heavy atom. The third-order valence-electron chi connectivity index (χ3n) is 8.92. The number of anilines is 2. The summed E-state index contributed by atoms with van der Waals surface area (Å²) in [4.78, 5) is 56.9. The number of hydrogen-bond donors (Lipinski definition) is 6. The van der Waals surface area contributed by atoms with Gasteiger partial charge in [0.25, 0.3) is 5.56 Å². The van der Waals surface area contributed by atoms with Gasteiger partial charge in [0.1, 0.15) is 36.3 Å². The number of rotatable bonds is 2. The number of ether oxygens (including phenoxy) is 1. The van der Waals surface area contributed by atoms with E-state index in [4.69, 9.17) is 46.1 Å². The molecule has 8 N–H and O–H groups in total. The molecular weight excluding hydrogens is 677 g/mol. The van der Waals surface area contributed by atoms with E-state index in [9.17, 15) is 24.3 Å². The lowest BCUT2D eigenvalue weighted by Crippen LogP contribution is -2.39. The maximum Gasteiger partial charge on any atom is 0.472 e. The van der Waals surface area contributed by atoms with E-state index in [1.807, 2.05) is 0 Å². The Labute approximate surface area is 260 Å². The van der Waals surface area contributed by atoms with Crippen LogP contribution in [0.5, 0.6) is 0 Å². The number of aromatic amines is 1. The number of nitrogen functional groups attached to an aromatic ring is 2. The predicted molar refractivity (Wildman–Crippen MR) is 155 cm³/mol. The molecule has 46 heavy (non-hydrogen) atoms. The number of nitrogens with one attached hydrogen (secondary N) is 1. The van der Waals surface area contributed by atoms with E-state index in [2.05, 4.69) is 29.9 Å². The van der Waals surface area contributed by atoms with Gasteiger partial charge in [0.05, 0.1) is 31.9 Å². The Morgan fingerprint density at radius 1 is 1.09 bits per heavy atom. The quantitative estimate of drug-likeness (QED) is 0.142. The first-order valence-electron chi connectivity index (χ1n) is 13.7. The standard InChI is InChI=1S/C22H25FN10O10P2S/c23-9-14-8(41-20(9)33-6-28-10-16(24)26-4-27-17(10)33)2-39-44(36,37)43-15-13(34)12(7-1-22(7,15)3-40-45(38,46)42-14)32-5-29-11-18(32)30-21(25)31-19(11)35/h4-9,12-15,20,34H,1-3H2,(H,36,37)(H,38,46)(H2,24,26,27)(H3,25,30,31,35)/t7-,8-,9-,12-,13+,14-,15+,20-,22-,45?/m1/s1. The zero-order valence-electron chi connectivity index (χ0n) is 23.1. The number of nitrogens with two attached hydrogens (primary N) is 2. The smallest absolute Gasteiger partial charge is 0.388 e. The SMILES string of the molecule is Nc1nc2c(ncn2[C@H]2[C@H](O)[C@@H]3OP(=O)(O)OC[C@H]4O[C@@H](n5cnc6c(N)ncnc65)[C@H](F)[C@@H]4OP(O)(=S)OC[C@@]34C[C@H]24)c(=O)[nH]1. The molecule has 1 spiro atoms. The van der Waals surface area contributed by atoms with Crippen molar-refractivity contribution >= 4 is 60.4 Å². The minimum atomic E-state index is -4.98. The summed E-state index contributed by atoms with van der Waals surface area (Å²) in [6.45, 7) is -5.39. The van der Waals surface area contributed by atoms with Gasteiger partial charge in [-0.3, -0.25) is 27.9 Å². The highest BCUT2D eigenvalue weighted by atomic mass is 32.5. The monoisotopic (exact) mass is 702 g/mol. The molecule has 2 aliphatic carbocycles. The average Bonchev–Trinajstić information content (AvgIpc) is 3.25. The highest BCUT2D eigenvalue weighted by Crippen LogP contribution is 2.72. The van der Waals surface area contributed by atoms with Gasteiger partial charge in [-0.2, -0.15) is 4.98 Å². The second-order valence-electron chi connectivity index (χ2n) is 11.5. The third kappa shape index (κ3) is 4.63. The molecule has 6 heterocycles. The van der Waals surface area contributed by atoms with Crippen LogP contribution in [0.1, 0.15) is 18.7 Å². The molecule has 2 aliphatic heterocycles. The maximum atomic E-state index is 16.1. The van der Waals surface area contributed by atoms with E-state index in [0.29, 0.717) is 0 Å². The van der Waals surface area contributed by atoms with Gasteiger partial charge < -0.3 is 40.2 Å². The van der Waals surface area contributed by atoms with Gasteiger partial charge in [0.15, 0.2) is 35.0 Å². The number of aromatic nitrogens is 8. The minimum absolute atomic E-state index is 0.0418. The molecule has 2 unspecified atom stereocenters. The summed E-state index contributed by atoms with van der Waals surface area (Å²) in [5.41, 5.74) is 10.1. The van der Waals surface area contributed by atoms with Crippen LogP contribution in [0.2, 0.25) is 0 Å². The van der Waals surface area contributed by atoms with Crippen LogP contribution in [0, 0.1) is 11.3 Å². The minimum Gasteiger partial charge on any atom is -0.388 e. The number of H-pyrrole nitrogens is 1. The van der Waals surface area contributed by atoms with Crippen LogP contribution in [-0.4, -0.2) is 97.7 Å². The predicted octanol–water partition coefficient (Wildman–Crippen LogP) is -0.584. The fraction of sp³-hybridized carbons (Fsp3) is 0.545. The van der Waals surface area contributed by atoms with E-state index in [1.165, 1.54) is 21.8 Å². The fourth-order valence-corrected chi connectivity index (χ4v) is 9.29. The summed E-state index contributed by atoms with van der Waals surface area (Å²) in [5.74, 6) is -0.645. The van der Waals surface area contributed by atoms with Crippen LogP contribution in [0.3, 0.4) is 0 Å². The molecule has 246 valence electrons. The molecule has 0 bridgehead atoms. The lowest BCUT2D eigenvalue weighted by atomic mass is 10.0. The Balaban J connectivity index is 1.11. The highest BCUT2D eigenvalue weighted by molar-refractivity contribution is 8.07. The molecule has 0 aromatic carbocycles. The van der Waals surface area contributed by atoms with E-state index < -0.39 is 87.5 Å². The zero-order chi connectivity index (χ0) is 32.3. The number of alkyl halides is 1. The first-order chi connectivity index (χ1) is 21.8. The molecule has 4 fully saturated rings. The van der Waals surface area contributed by atoms with E-state index in [-0.39, 0.29) is 40.5 Å². The number of nitrogens with zero attached hydrogens (tertiary/aromatic N) is 7. The van der Waals surface area contributed by atoms with Crippen molar-refractivity contribution in [3.8, 4) is 0 Å². The summed E-state index contributed by atoms with van der Waals surface area (Å²) in [6, 6.07) is -0.878. The Bertz CT molecular complexity index is 2050. The molecular formula is C22H25FN10O10P2S. The number of aliphatic hydroxyl groups is 1. The molecule has 0 amide bonds. The number of halogens is 1. The molecule has 4 aromatic heterocycles. The van der Waals surface area contributed by atoms with Crippen LogP contribution < -0.4 is 17.0 Å². The summed E-state index contributed by atoms with van der Waals surface area (Å²) < 4.78 is 60.0. The van der Waals surface area contributed by atoms with E-state index >= 15 is 4.39 Å². The van der Waals surface area contributed by atoms with Crippen molar-refractivity contribution in [3.05, 3.63) is 29.3 Å². The highest BCUT2D eigenvalue weighted by Gasteiger charge is 2.74. The summed E-state index contributed by atoms with van der Waals surface area (Å²) in [5, 5.41) is 11.5. The Morgan fingerprint density at radius 3 is 2.65 bits per heavy atom. The van der Waals surface area contributed by atoms with Gasteiger partial charge >= 0.3 is 14.5 Å². The van der Waals surface area contributed by atoms with Crippen molar-refractivity contribution in [2.45, 2.75) is 49.3 Å². The van der Waals surface area contributed by atoms with Crippen LogP contribution >= 0.6 is 14.5 Å². The summed E-state index contributed by atoms with van der Waals surface area (Å²) in [7, 11) is -4.98. The van der Waals surface area contributed by atoms with Crippen molar-refractivity contribution < 1.29 is 46.7 Å². The lowest BCUT2D eigenvalue weighted by Gasteiger charge is -2.32. The molecule has 20 nitrogen and oxygen atoms in total. The molecule has 24 heteroatoms. The number of imidazole rings is 2. The topological polar surface area (TPSA) is 283 Å². The molecule has 8 rings (SSSR count). The zero-order valence-corrected chi connectivity index (χ0v) is 25.7. The number of phosphoric acid groups is 1. The van der Waals surface area contributed by atoms with Crippen LogP contribution in [0.4, 0.5) is 16.2 Å². The van der Waals surface area contributed by atoms with Crippen molar-refractivity contribution in [3.63, 3.8) is 0 Å². The van der Waals surface area contributed by atoms with Gasteiger partial charge in [-0.05, 0) is 24.1 Å². The second kappa shape index (κ2) is 10.2. The van der Waals surface area contributed by atoms with Gasteiger partial charge in [-0.25, -0.2) is 28.9 Å². The first-order valence-corrected chi connectivity index (χ1v) is 17.8. The fourth-order valence-electron chi connectivity index (χ4n) is 6.79. The van der Waals surface area contributed by atoms with Crippen LogP contribution in [-0.2, 0) is 39.2 Å². The summed E-state index contributed by atoms with van der Waals surface area (Å²) >= 11 is 5.26. The second-order valence-corrected chi connectivity index (χ2v) is 15.7. The van der Waals surface area contributed by atoms with Gasteiger partial charge in [-0.15, -0.1) is 0 Å². The maximum absolute atomic E-state index is 16.1. The first kappa shape index (κ1) is 30.3. The molecule has 0 radical (unpaired) electrons.